The first-order valence-electron chi connectivity index (χ1n) is 6.81. The molecule has 0 N–H and O–H groups in total. The summed E-state index contributed by atoms with van der Waals surface area (Å²) in [6, 6.07) is 2.17. The molecule has 0 saturated heterocycles. The van der Waals surface area contributed by atoms with Crippen LogP contribution in [0.25, 0.3) is 5.57 Å². The van der Waals surface area contributed by atoms with Gasteiger partial charge in [-0.15, -0.1) is 11.3 Å². The van der Waals surface area contributed by atoms with Crippen molar-refractivity contribution >= 4 is 27.6 Å². The third kappa shape index (κ3) is 4.79. The molecule has 0 aromatic carbocycles. The van der Waals surface area contributed by atoms with E-state index in [2.05, 4.69) is 40.0 Å². The average Bonchev–Trinajstić information content (AvgIpc) is 2.65. The molecular weight excluding hydrogens is 250 g/mol. The van der Waals surface area contributed by atoms with Gasteiger partial charge in [0.1, 0.15) is 5.00 Å². The minimum absolute atomic E-state index is 0.694. The van der Waals surface area contributed by atoms with Gasteiger partial charge in [-0.3, -0.25) is 0 Å². The third-order valence-electron chi connectivity index (χ3n) is 3.00. The van der Waals surface area contributed by atoms with Crippen molar-refractivity contribution in [3.8, 4) is 0 Å². The van der Waals surface area contributed by atoms with Crippen LogP contribution >= 0.6 is 11.3 Å². The van der Waals surface area contributed by atoms with Crippen LogP contribution in [0.5, 0.6) is 0 Å². The van der Waals surface area contributed by atoms with E-state index in [0.717, 1.165) is 34.7 Å². The second kappa shape index (κ2) is 6.85. The Hall–Kier alpha value is -1.15. The Morgan fingerprint density at radius 1 is 1.32 bits per heavy atom. The summed E-state index contributed by atoms with van der Waals surface area (Å²) in [5.74, 6) is 0.694. The lowest BCUT2D eigenvalue weighted by molar-refractivity contribution is 0.603. The van der Waals surface area contributed by atoms with Gasteiger partial charge in [0.15, 0.2) is 0 Å². The van der Waals surface area contributed by atoms with Crippen LogP contribution in [-0.4, -0.2) is 5.71 Å². The normalized spacial score (nSPS) is 12.0. The predicted molar refractivity (Wildman–Crippen MR) is 89.7 cm³/mol. The summed E-state index contributed by atoms with van der Waals surface area (Å²) in [7, 11) is 0. The molecule has 0 aliphatic carbocycles. The molecular formula is C17H25NS. The lowest BCUT2D eigenvalue weighted by atomic mass is 10.0. The maximum atomic E-state index is 4.83. The average molecular weight is 275 g/mol. The first-order valence-corrected chi connectivity index (χ1v) is 7.62. The molecule has 0 fully saturated rings. The van der Waals surface area contributed by atoms with Crippen molar-refractivity contribution in [1.82, 2.24) is 0 Å². The van der Waals surface area contributed by atoms with E-state index < -0.39 is 0 Å². The van der Waals surface area contributed by atoms with Crippen LogP contribution in [0.3, 0.4) is 0 Å². The highest BCUT2D eigenvalue weighted by atomic mass is 32.1. The zero-order valence-corrected chi connectivity index (χ0v) is 13.7. The lowest BCUT2D eigenvalue weighted by Gasteiger charge is -2.08. The van der Waals surface area contributed by atoms with Crippen LogP contribution in [0.4, 0.5) is 5.00 Å². The van der Waals surface area contributed by atoms with E-state index in [1.54, 1.807) is 11.3 Å². The van der Waals surface area contributed by atoms with Crippen LogP contribution < -0.4 is 0 Å². The molecule has 0 spiro atoms. The van der Waals surface area contributed by atoms with E-state index in [0.29, 0.717) is 5.92 Å². The summed E-state index contributed by atoms with van der Waals surface area (Å²) < 4.78 is 0. The minimum atomic E-state index is 0.694. The van der Waals surface area contributed by atoms with Gasteiger partial charge in [0.05, 0.1) is 0 Å². The highest BCUT2D eigenvalue weighted by molar-refractivity contribution is 7.17. The summed E-state index contributed by atoms with van der Waals surface area (Å²) in [5.41, 5.74) is 4.54. The van der Waals surface area contributed by atoms with Gasteiger partial charge in [-0.25, -0.2) is 4.99 Å². The van der Waals surface area contributed by atoms with Gasteiger partial charge in [0, 0.05) is 10.6 Å². The Labute approximate surface area is 121 Å². The van der Waals surface area contributed by atoms with Crippen LogP contribution in [-0.2, 0) is 0 Å². The molecule has 0 bridgehead atoms. The van der Waals surface area contributed by atoms with Gasteiger partial charge < -0.3 is 0 Å². The second-order valence-electron chi connectivity index (χ2n) is 5.65. The summed E-state index contributed by atoms with van der Waals surface area (Å²) in [4.78, 5) is 6.05. The maximum Gasteiger partial charge on any atom is 0.119 e. The van der Waals surface area contributed by atoms with Gasteiger partial charge in [-0.1, -0.05) is 27.0 Å². The Bertz CT molecular complexity index is 503. The number of nitrogens with zero attached hydrogens (tertiary/aromatic N) is 1. The monoisotopic (exact) mass is 275 g/mol. The Morgan fingerprint density at radius 3 is 2.37 bits per heavy atom. The first kappa shape index (κ1) is 15.9. The van der Waals surface area contributed by atoms with Gasteiger partial charge in [-0.2, -0.15) is 0 Å². The number of allylic oxidation sites excluding steroid dienone is 2. The smallest absolute Gasteiger partial charge is 0.119 e. The molecule has 1 rings (SSSR count). The van der Waals surface area contributed by atoms with E-state index in [1.807, 2.05) is 13.8 Å². The molecule has 0 aliphatic heterocycles. The molecule has 0 unspecified atom stereocenters. The van der Waals surface area contributed by atoms with Crippen molar-refractivity contribution in [2.75, 3.05) is 0 Å². The zero-order chi connectivity index (χ0) is 14.6. The largest absolute Gasteiger partial charge is 0.242 e. The van der Waals surface area contributed by atoms with E-state index in [4.69, 9.17) is 4.99 Å². The molecule has 19 heavy (non-hydrogen) atoms. The fourth-order valence-corrected chi connectivity index (χ4v) is 2.70. The summed E-state index contributed by atoms with van der Waals surface area (Å²) in [6.07, 6.45) is 2.16. The fraction of sp³-hybridized carbons (Fsp3) is 0.471. The summed E-state index contributed by atoms with van der Waals surface area (Å²) >= 11 is 1.72. The van der Waals surface area contributed by atoms with Gasteiger partial charge >= 0.3 is 0 Å². The lowest BCUT2D eigenvalue weighted by Crippen LogP contribution is -2.01. The predicted octanol–water partition coefficient (Wildman–Crippen LogP) is 6.17. The SMILES string of the molecule is C=C(C)/C(CCC(C)C)=N\c1sc(C(=C)C)cc1C. The van der Waals surface area contributed by atoms with Gasteiger partial charge in [0.2, 0.25) is 0 Å². The molecule has 104 valence electrons. The molecule has 0 atom stereocenters. The highest BCUT2D eigenvalue weighted by Crippen LogP contribution is 2.34. The number of hydrogen-bond acceptors (Lipinski definition) is 2. The maximum absolute atomic E-state index is 4.83. The third-order valence-corrected chi connectivity index (χ3v) is 4.29. The van der Waals surface area contributed by atoms with Crippen molar-refractivity contribution in [3.05, 3.63) is 35.2 Å². The minimum Gasteiger partial charge on any atom is -0.242 e. The molecule has 0 aliphatic rings. The van der Waals surface area contributed by atoms with Crippen LogP contribution in [0.1, 0.15) is 51.0 Å². The topological polar surface area (TPSA) is 12.4 Å². The van der Waals surface area contributed by atoms with Crippen molar-refractivity contribution < 1.29 is 0 Å². The van der Waals surface area contributed by atoms with Crippen LogP contribution in [0.2, 0.25) is 0 Å². The number of hydrogen-bond donors (Lipinski definition) is 0. The molecule has 1 heterocycles. The standard InChI is InChI=1S/C17H25NS/c1-11(2)8-9-15(12(3)4)18-17-14(7)10-16(19-17)13(5)6/h10-11H,3,5,8-9H2,1-2,4,6-7H3/b18-15-. The van der Waals surface area contributed by atoms with Crippen molar-refractivity contribution in [2.24, 2.45) is 10.9 Å². The molecule has 0 radical (unpaired) electrons. The first-order chi connectivity index (χ1) is 8.81. The fourth-order valence-electron chi connectivity index (χ4n) is 1.71. The van der Waals surface area contributed by atoms with Gasteiger partial charge in [0.25, 0.3) is 0 Å². The highest BCUT2D eigenvalue weighted by Gasteiger charge is 2.08. The van der Waals surface area contributed by atoms with Gasteiger partial charge in [-0.05, 0) is 62.3 Å². The van der Waals surface area contributed by atoms with E-state index >= 15 is 0 Å². The molecule has 0 amide bonds. The Morgan fingerprint density at radius 2 is 1.95 bits per heavy atom. The number of thiophene rings is 1. The van der Waals surface area contributed by atoms with E-state index in [-0.39, 0.29) is 0 Å². The van der Waals surface area contributed by atoms with Crippen molar-refractivity contribution in [1.29, 1.82) is 0 Å². The second-order valence-corrected chi connectivity index (χ2v) is 6.68. The molecule has 0 saturated carbocycles. The molecule has 1 aromatic heterocycles. The Kier molecular flexibility index (Phi) is 5.74. The molecule has 1 aromatic rings. The molecule has 2 heteroatoms. The van der Waals surface area contributed by atoms with E-state index in [1.165, 1.54) is 10.4 Å². The number of aliphatic imine (C=N–C) groups is 1. The van der Waals surface area contributed by atoms with Crippen molar-refractivity contribution in [2.45, 2.75) is 47.5 Å². The molecule has 1 nitrogen and oxygen atoms in total. The quantitative estimate of drug-likeness (QED) is 0.550. The summed E-state index contributed by atoms with van der Waals surface area (Å²) in [6.45, 7) is 18.7. The Balaban J connectivity index is 3.01. The van der Waals surface area contributed by atoms with Crippen molar-refractivity contribution in [3.63, 3.8) is 0 Å². The van der Waals surface area contributed by atoms with Crippen LogP contribution in [0.15, 0.2) is 29.8 Å². The zero-order valence-electron chi connectivity index (χ0n) is 12.8. The van der Waals surface area contributed by atoms with Crippen LogP contribution in [0, 0.1) is 12.8 Å². The summed E-state index contributed by atoms with van der Waals surface area (Å²) in [5, 5.41) is 1.10. The number of aryl methyl sites for hydroxylation is 1. The van der Waals surface area contributed by atoms with E-state index in [9.17, 15) is 0 Å². The number of rotatable bonds is 6.